The molecule has 13 aromatic rings. The van der Waals surface area contributed by atoms with Crippen molar-refractivity contribution in [3.05, 3.63) is 237 Å². The Kier molecular flexibility index (Phi) is 8.75. The van der Waals surface area contributed by atoms with Gasteiger partial charge in [-0.1, -0.05) is 194 Å². The zero-order valence-electron chi connectivity index (χ0n) is 35.3. The summed E-state index contributed by atoms with van der Waals surface area (Å²) in [5.41, 5.74) is 14.4. The summed E-state index contributed by atoms with van der Waals surface area (Å²) in [5, 5.41) is 9.61. The molecule has 13 rings (SSSR count). The average Bonchev–Trinajstić information content (AvgIpc) is 3.97. The molecule has 0 aliphatic carbocycles. The molecule has 11 aromatic carbocycles. The Morgan fingerprint density at radius 1 is 0.323 bits per heavy atom. The molecule has 0 aliphatic rings. The second-order valence-corrected chi connectivity index (χ2v) is 17.8. The third kappa shape index (κ3) is 6.16. The number of hydrogen-bond donors (Lipinski definition) is 0. The third-order valence-electron chi connectivity index (χ3n) is 13.1. The predicted molar refractivity (Wildman–Crippen MR) is 278 cm³/mol. The summed E-state index contributed by atoms with van der Waals surface area (Å²) >= 11 is 1.88. The highest BCUT2D eigenvalue weighted by Crippen LogP contribution is 2.49. The van der Waals surface area contributed by atoms with E-state index in [9.17, 15) is 0 Å². The van der Waals surface area contributed by atoms with Crippen molar-refractivity contribution >= 4 is 92.1 Å². The van der Waals surface area contributed by atoms with Gasteiger partial charge in [-0.2, -0.15) is 0 Å². The summed E-state index contributed by atoms with van der Waals surface area (Å²) in [5.74, 6) is 0. The fourth-order valence-electron chi connectivity index (χ4n) is 10.0. The Morgan fingerprint density at radius 2 is 0.908 bits per heavy atom. The second-order valence-electron chi connectivity index (χ2n) is 16.7. The van der Waals surface area contributed by atoms with E-state index in [0.29, 0.717) is 0 Å². The zero-order chi connectivity index (χ0) is 42.8. The molecule has 65 heavy (non-hydrogen) atoms. The molecule has 0 N–H and O–H groups in total. The topological polar surface area (TPSA) is 16.4 Å². The van der Waals surface area contributed by atoms with Gasteiger partial charge in [-0.25, -0.2) is 0 Å². The van der Waals surface area contributed by atoms with E-state index in [1.165, 1.54) is 75.1 Å². The molecular formula is C62H39NOS. The Labute approximate surface area is 380 Å². The number of para-hydroxylation sites is 1. The molecule has 2 heterocycles. The van der Waals surface area contributed by atoms with E-state index in [4.69, 9.17) is 4.42 Å². The number of rotatable bonds is 7. The highest BCUT2D eigenvalue weighted by Gasteiger charge is 2.24. The molecule has 3 heteroatoms. The van der Waals surface area contributed by atoms with Crippen LogP contribution in [-0.2, 0) is 0 Å². The first kappa shape index (κ1) is 37.3. The SMILES string of the molecule is c1ccc(-c2ccc(-c3ccc(N(c4ccc(-c5ccc(-c6ccccc6)c6sc7ccccc7c56)cc4)c4cccc5c4ccc4ccccc45)c4c3oc3ccccc34)cc2)cc1. The molecule has 0 bridgehead atoms. The summed E-state index contributed by atoms with van der Waals surface area (Å²) in [6.07, 6.45) is 0. The molecular weight excluding hydrogens is 807 g/mol. The number of benzene rings is 11. The molecule has 0 atom stereocenters. The predicted octanol–water partition coefficient (Wildman–Crippen LogP) is 18.4. The first-order valence-electron chi connectivity index (χ1n) is 22.2. The zero-order valence-corrected chi connectivity index (χ0v) is 36.1. The van der Waals surface area contributed by atoms with E-state index < -0.39 is 0 Å². The van der Waals surface area contributed by atoms with Crippen LogP contribution in [0.5, 0.6) is 0 Å². The Morgan fingerprint density at radius 3 is 1.72 bits per heavy atom. The van der Waals surface area contributed by atoms with Crippen LogP contribution in [0.3, 0.4) is 0 Å². The van der Waals surface area contributed by atoms with Crippen molar-refractivity contribution in [2.75, 3.05) is 4.90 Å². The lowest BCUT2D eigenvalue weighted by molar-refractivity contribution is 0.670. The average molecular weight is 846 g/mol. The van der Waals surface area contributed by atoms with Gasteiger partial charge in [0.05, 0.1) is 16.8 Å². The van der Waals surface area contributed by atoms with Gasteiger partial charge >= 0.3 is 0 Å². The maximum atomic E-state index is 6.92. The quantitative estimate of drug-likeness (QED) is 0.149. The van der Waals surface area contributed by atoms with Gasteiger partial charge in [-0.3, -0.25) is 0 Å². The maximum Gasteiger partial charge on any atom is 0.145 e. The molecule has 0 saturated carbocycles. The van der Waals surface area contributed by atoms with Crippen molar-refractivity contribution in [2.24, 2.45) is 0 Å². The maximum absolute atomic E-state index is 6.92. The first-order valence-corrected chi connectivity index (χ1v) is 23.0. The van der Waals surface area contributed by atoms with Gasteiger partial charge < -0.3 is 9.32 Å². The molecule has 0 radical (unpaired) electrons. The largest absolute Gasteiger partial charge is 0.455 e. The minimum absolute atomic E-state index is 0.863. The van der Waals surface area contributed by atoms with Gasteiger partial charge in [0.15, 0.2) is 0 Å². The molecule has 0 saturated heterocycles. The molecule has 0 aliphatic heterocycles. The van der Waals surface area contributed by atoms with E-state index in [1.54, 1.807) is 0 Å². The summed E-state index contributed by atoms with van der Waals surface area (Å²) in [6, 6.07) is 85.8. The fourth-order valence-corrected chi connectivity index (χ4v) is 11.3. The fraction of sp³-hybridized carbons (Fsp3) is 0. The van der Waals surface area contributed by atoms with Gasteiger partial charge in [0.1, 0.15) is 11.2 Å². The van der Waals surface area contributed by atoms with Gasteiger partial charge in [0.2, 0.25) is 0 Å². The molecule has 2 nitrogen and oxygen atoms in total. The number of anilines is 3. The van der Waals surface area contributed by atoms with Crippen LogP contribution in [0.15, 0.2) is 241 Å². The lowest BCUT2D eigenvalue weighted by Crippen LogP contribution is -2.11. The minimum atomic E-state index is 0.863. The van der Waals surface area contributed by atoms with Crippen LogP contribution in [0.1, 0.15) is 0 Å². The van der Waals surface area contributed by atoms with Crippen LogP contribution < -0.4 is 4.90 Å². The summed E-state index contributed by atoms with van der Waals surface area (Å²) in [6.45, 7) is 0. The Bertz CT molecular complexity index is 3920. The number of thiophene rings is 1. The molecule has 0 spiro atoms. The standard InChI is InChI=1S/C62H39NOS/c1-3-14-40(15-4-1)41-26-28-45(29-27-41)49-38-39-56(60-53-20-9-11-24-57(53)64-61(49)60)63(55-23-13-22-51-47-19-8-7-18-43(47)32-35-52(51)55)46-33-30-44(31-34-46)48-36-37-50(42-16-5-2-6-17-42)62-59(48)54-21-10-12-25-58(54)65-62/h1-39H. The van der Waals surface area contributed by atoms with Crippen molar-refractivity contribution in [1.82, 2.24) is 0 Å². The Hall–Kier alpha value is -8.24. The molecule has 0 unspecified atom stereocenters. The summed E-state index contributed by atoms with van der Waals surface area (Å²) in [4.78, 5) is 2.45. The van der Waals surface area contributed by atoms with Gasteiger partial charge in [0, 0.05) is 42.2 Å². The molecule has 304 valence electrons. The van der Waals surface area contributed by atoms with E-state index in [-0.39, 0.29) is 0 Å². The van der Waals surface area contributed by atoms with Crippen molar-refractivity contribution in [2.45, 2.75) is 0 Å². The number of hydrogen-bond acceptors (Lipinski definition) is 3. The third-order valence-corrected chi connectivity index (χ3v) is 14.3. The number of fused-ring (bicyclic) bond motifs is 9. The van der Waals surface area contributed by atoms with E-state index in [0.717, 1.165) is 50.1 Å². The van der Waals surface area contributed by atoms with Gasteiger partial charge in [0.25, 0.3) is 0 Å². The van der Waals surface area contributed by atoms with Crippen molar-refractivity contribution in [3.8, 4) is 44.5 Å². The van der Waals surface area contributed by atoms with Gasteiger partial charge in [-0.15, -0.1) is 11.3 Å². The summed E-state index contributed by atoms with van der Waals surface area (Å²) < 4.78 is 9.53. The van der Waals surface area contributed by atoms with Crippen molar-refractivity contribution in [3.63, 3.8) is 0 Å². The first-order chi connectivity index (χ1) is 32.2. The van der Waals surface area contributed by atoms with Crippen LogP contribution in [0, 0.1) is 0 Å². The minimum Gasteiger partial charge on any atom is -0.455 e. The second kappa shape index (κ2) is 15.2. The number of nitrogens with zero attached hydrogens (tertiary/aromatic N) is 1. The van der Waals surface area contributed by atoms with E-state index in [2.05, 4.69) is 241 Å². The van der Waals surface area contributed by atoms with Gasteiger partial charge in [-0.05, 0) is 97.6 Å². The summed E-state index contributed by atoms with van der Waals surface area (Å²) in [7, 11) is 0. The molecule has 0 fully saturated rings. The van der Waals surface area contributed by atoms with Crippen LogP contribution in [-0.4, -0.2) is 0 Å². The van der Waals surface area contributed by atoms with Crippen molar-refractivity contribution < 1.29 is 4.42 Å². The van der Waals surface area contributed by atoms with Crippen LogP contribution in [0.4, 0.5) is 17.1 Å². The lowest BCUT2D eigenvalue weighted by atomic mass is 9.94. The number of furan rings is 1. The van der Waals surface area contributed by atoms with E-state index in [1.807, 2.05) is 11.3 Å². The Balaban J connectivity index is 1.02. The molecule has 2 aromatic heterocycles. The highest BCUT2D eigenvalue weighted by molar-refractivity contribution is 7.26. The molecule has 0 amide bonds. The van der Waals surface area contributed by atoms with Crippen molar-refractivity contribution in [1.29, 1.82) is 0 Å². The van der Waals surface area contributed by atoms with Crippen LogP contribution in [0.25, 0.3) is 108 Å². The van der Waals surface area contributed by atoms with Crippen LogP contribution in [0.2, 0.25) is 0 Å². The van der Waals surface area contributed by atoms with Crippen LogP contribution >= 0.6 is 11.3 Å². The highest BCUT2D eigenvalue weighted by atomic mass is 32.1. The van der Waals surface area contributed by atoms with E-state index >= 15 is 0 Å². The smallest absolute Gasteiger partial charge is 0.145 e. The monoisotopic (exact) mass is 845 g/mol. The lowest BCUT2D eigenvalue weighted by Gasteiger charge is -2.28. The normalized spacial score (nSPS) is 11.7.